The Morgan fingerprint density at radius 1 is 1.18 bits per heavy atom. The lowest BCUT2D eigenvalue weighted by Gasteiger charge is -2.26. The van der Waals surface area contributed by atoms with Crippen molar-refractivity contribution in [2.75, 3.05) is 25.5 Å². The number of alkyl halides is 3. The first-order valence-corrected chi connectivity index (χ1v) is 10.3. The fourth-order valence-corrected chi connectivity index (χ4v) is 3.22. The van der Waals surface area contributed by atoms with Crippen molar-refractivity contribution in [3.63, 3.8) is 0 Å². The second kappa shape index (κ2) is 9.31. The minimum absolute atomic E-state index is 0.230. The van der Waals surface area contributed by atoms with Gasteiger partial charge < -0.3 is 24.4 Å². The third-order valence-electron chi connectivity index (χ3n) is 4.95. The van der Waals surface area contributed by atoms with E-state index < -0.39 is 35.6 Å². The predicted octanol–water partition coefficient (Wildman–Crippen LogP) is 3.16. The molecule has 0 spiro atoms. The first-order chi connectivity index (χ1) is 15.7. The summed E-state index contributed by atoms with van der Waals surface area (Å²) in [5.41, 5.74) is -0.165. The molecule has 0 radical (unpaired) electrons. The van der Waals surface area contributed by atoms with Gasteiger partial charge in [-0.25, -0.2) is 4.79 Å². The van der Waals surface area contributed by atoms with Crippen LogP contribution in [0.4, 0.5) is 23.7 Å². The van der Waals surface area contributed by atoms with Crippen LogP contribution in [0.25, 0.3) is 11.4 Å². The minimum Gasteiger partial charge on any atom is -0.444 e. The molecule has 1 aromatic heterocycles. The van der Waals surface area contributed by atoms with Crippen LogP contribution in [0.15, 0.2) is 28.8 Å². The topological polar surface area (TPSA) is 118 Å². The van der Waals surface area contributed by atoms with Crippen molar-refractivity contribution >= 4 is 23.6 Å². The van der Waals surface area contributed by atoms with Gasteiger partial charge in [0.25, 0.3) is 0 Å². The van der Waals surface area contributed by atoms with Crippen molar-refractivity contribution in [1.29, 1.82) is 0 Å². The first-order valence-electron chi connectivity index (χ1n) is 10.3. The third kappa shape index (κ3) is 6.02. The fourth-order valence-electron chi connectivity index (χ4n) is 3.22. The van der Waals surface area contributed by atoms with E-state index in [1.165, 1.54) is 41.1 Å². The van der Waals surface area contributed by atoms with Gasteiger partial charge in [0.2, 0.25) is 5.82 Å². The summed E-state index contributed by atoms with van der Waals surface area (Å²) < 4.78 is 47.3. The Kier molecular flexibility index (Phi) is 6.84. The summed E-state index contributed by atoms with van der Waals surface area (Å²) in [5, 5.41) is 5.73. The molecule has 1 N–H and O–H groups in total. The summed E-state index contributed by atoms with van der Waals surface area (Å²) in [7, 11) is 1.47. The zero-order valence-electron chi connectivity index (χ0n) is 19.0. The van der Waals surface area contributed by atoms with E-state index >= 15 is 0 Å². The molecule has 2 heterocycles. The average Bonchev–Trinajstić information content (AvgIpc) is 3.42. The molecule has 0 aliphatic carbocycles. The van der Waals surface area contributed by atoms with Gasteiger partial charge in [-0.1, -0.05) is 5.16 Å². The molecule has 1 aliphatic rings. The van der Waals surface area contributed by atoms with Gasteiger partial charge >= 0.3 is 30.0 Å². The lowest BCUT2D eigenvalue weighted by Crippen LogP contribution is -2.45. The van der Waals surface area contributed by atoms with Crippen molar-refractivity contribution in [3.8, 4) is 11.4 Å². The van der Waals surface area contributed by atoms with Crippen LogP contribution in [0.2, 0.25) is 0 Å². The van der Waals surface area contributed by atoms with Crippen LogP contribution in [0, 0.1) is 0 Å². The largest absolute Gasteiger partial charge is 0.471 e. The van der Waals surface area contributed by atoms with Gasteiger partial charge in [0.05, 0.1) is 6.04 Å². The van der Waals surface area contributed by atoms with Gasteiger partial charge in [-0.15, -0.1) is 0 Å². The molecule has 1 aromatic carbocycles. The Labute approximate surface area is 193 Å². The fraction of sp³-hybridized carbons (Fsp3) is 0.476. The van der Waals surface area contributed by atoms with Crippen molar-refractivity contribution in [2.24, 2.45) is 0 Å². The Morgan fingerprint density at radius 2 is 1.82 bits per heavy atom. The number of anilines is 1. The SMILES string of the molecule is CN(C(=O)C(=O)Nc1ccc(-c2noc(C(F)(F)F)n2)cc1)C1CCN(C(=O)OC(C)(C)C)C1. The van der Waals surface area contributed by atoms with E-state index in [1.54, 1.807) is 20.8 Å². The van der Waals surface area contributed by atoms with Crippen molar-refractivity contribution < 1.29 is 36.8 Å². The first kappa shape index (κ1) is 25.0. The van der Waals surface area contributed by atoms with Crippen molar-refractivity contribution in [2.45, 2.75) is 45.0 Å². The molecule has 1 aliphatic heterocycles. The monoisotopic (exact) mass is 483 g/mol. The van der Waals surface area contributed by atoms with Gasteiger partial charge in [-0.2, -0.15) is 18.2 Å². The Hall–Kier alpha value is -3.64. The number of hydrogen-bond acceptors (Lipinski definition) is 7. The van der Waals surface area contributed by atoms with Gasteiger partial charge in [-0.3, -0.25) is 9.59 Å². The number of amides is 3. The van der Waals surface area contributed by atoms with Crippen molar-refractivity contribution in [1.82, 2.24) is 19.9 Å². The molecule has 184 valence electrons. The molecule has 3 rings (SSSR count). The summed E-state index contributed by atoms with van der Waals surface area (Å²) in [6.07, 6.45) is -4.74. The van der Waals surface area contributed by atoms with Crippen LogP contribution in [0.1, 0.15) is 33.1 Å². The molecular formula is C21H24F3N5O5. The molecule has 13 heteroatoms. The second-order valence-electron chi connectivity index (χ2n) is 8.74. The molecule has 1 fully saturated rings. The van der Waals surface area contributed by atoms with E-state index in [-0.39, 0.29) is 29.7 Å². The highest BCUT2D eigenvalue weighted by Crippen LogP contribution is 2.29. The van der Waals surface area contributed by atoms with E-state index in [4.69, 9.17) is 4.74 Å². The lowest BCUT2D eigenvalue weighted by molar-refractivity contribution is -0.159. The number of hydrogen-bond donors (Lipinski definition) is 1. The highest BCUT2D eigenvalue weighted by atomic mass is 19.4. The Bertz CT molecular complexity index is 1060. The Morgan fingerprint density at radius 3 is 2.38 bits per heavy atom. The number of nitrogens with one attached hydrogen (secondary N) is 1. The molecule has 10 nitrogen and oxygen atoms in total. The molecule has 3 amide bonds. The normalized spacial score (nSPS) is 16.3. The van der Waals surface area contributed by atoms with E-state index in [2.05, 4.69) is 20.0 Å². The van der Waals surface area contributed by atoms with E-state index in [9.17, 15) is 27.6 Å². The van der Waals surface area contributed by atoms with Crippen LogP contribution in [-0.4, -0.2) is 69.6 Å². The number of ether oxygens (including phenoxy) is 1. The Balaban J connectivity index is 1.56. The van der Waals surface area contributed by atoms with Gasteiger partial charge in [0.15, 0.2) is 0 Å². The maximum absolute atomic E-state index is 12.6. The molecule has 2 aromatic rings. The minimum atomic E-state index is -4.76. The molecular weight excluding hydrogens is 459 g/mol. The van der Waals surface area contributed by atoms with Crippen LogP contribution < -0.4 is 5.32 Å². The number of nitrogens with zero attached hydrogens (tertiary/aromatic N) is 4. The number of carbonyl (C=O) groups excluding carboxylic acids is 3. The second-order valence-corrected chi connectivity index (χ2v) is 8.74. The van der Waals surface area contributed by atoms with E-state index in [0.717, 1.165) is 0 Å². The standard InChI is InChI=1S/C21H24F3N5O5/c1-20(2,3)33-19(32)29-10-9-14(11-29)28(4)17(31)16(30)25-13-7-5-12(6-8-13)15-26-18(34-27-15)21(22,23)24/h5-8,14H,9-11H2,1-4H3,(H,25,30). The summed E-state index contributed by atoms with van der Waals surface area (Å²) in [6.45, 7) is 5.91. The van der Waals surface area contributed by atoms with Crippen LogP contribution in [-0.2, 0) is 20.5 Å². The number of halogens is 3. The van der Waals surface area contributed by atoms with E-state index in [0.29, 0.717) is 13.0 Å². The number of carbonyl (C=O) groups is 3. The number of aromatic nitrogens is 2. The zero-order valence-corrected chi connectivity index (χ0v) is 19.0. The number of rotatable bonds is 3. The average molecular weight is 483 g/mol. The molecule has 34 heavy (non-hydrogen) atoms. The molecule has 0 saturated carbocycles. The number of benzene rings is 1. The quantitative estimate of drug-likeness (QED) is 0.667. The summed E-state index contributed by atoms with van der Waals surface area (Å²) in [5.74, 6) is -3.43. The van der Waals surface area contributed by atoms with Gasteiger partial charge in [0, 0.05) is 31.4 Å². The summed E-state index contributed by atoms with van der Waals surface area (Å²) in [4.78, 5) is 43.2. The lowest BCUT2D eigenvalue weighted by atomic mass is 10.2. The smallest absolute Gasteiger partial charge is 0.444 e. The van der Waals surface area contributed by atoms with E-state index in [1.807, 2.05) is 0 Å². The van der Waals surface area contributed by atoms with Crippen molar-refractivity contribution in [3.05, 3.63) is 30.2 Å². The molecule has 1 unspecified atom stereocenters. The van der Waals surface area contributed by atoms with Crippen LogP contribution in [0.5, 0.6) is 0 Å². The van der Waals surface area contributed by atoms with Crippen LogP contribution in [0.3, 0.4) is 0 Å². The molecule has 1 saturated heterocycles. The molecule has 1 atom stereocenters. The highest BCUT2D eigenvalue weighted by Gasteiger charge is 2.38. The third-order valence-corrected chi connectivity index (χ3v) is 4.95. The maximum atomic E-state index is 12.6. The predicted molar refractivity (Wildman–Crippen MR) is 112 cm³/mol. The highest BCUT2D eigenvalue weighted by molar-refractivity contribution is 6.39. The zero-order chi connectivity index (χ0) is 25.3. The number of likely N-dealkylation sites (tertiary alicyclic amines) is 1. The summed E-state index contributed by atoms with van der Waals surface area (Å²) >= 11 is 0. The summed E-state index contributed by atoms with van der Waals surface area (Å²) in [6, 6.07) is 5.19. The maximum Gasteiger partial charge on any atom is 0.471 e. The number of likely N-dealkylation sites (N-methyl/N-ethyl adjacent to an activating group) is 1. The van der Waals surface area contributed by atoms with Gasteiger partial charge in [-0.05, 0) is 51.5 Å². The molecule has 0 bridgehead atoms. The van der Waals surface area contributed by atoms with Gasteiger partial charge in [0.1, 0.15) is 5.60 Å². The van der Waals surface area contributed by atoms with Crippen LogP contribution >= 0.6 is 0 Å².